The fourth-order valence-corrected chi connectivity index (χ4v) is 1.43. The Hall–Kier alpha value is -0.160. The van der Waals surface area contributed by atoms with Gasteiger partial charge in [0.2, 0.25) is 5.78 Å². The number of carbonyl (C=O) groups is 1. The molecule has 12 heavy (non-hydrogen) atoms. The Morgan fingerprint density at radius 2 is 2.25 bits per heavy atom. The van der Waals surface area contributed by atoms with Gasteiger partial charge in [0.25, 0.3) is 0 Å². The second kappa shape index (κ2) is 3.70. The van der Waals surface area contributed by atoms with Crippen LogP contribution in [0.2, 0.25) is 0 Å². The van der Waals surface area contributed by atoms with Crippen molar-refractivity contribution >= 4 is 37.6 Å². The summed E-state index contributed by atoms with van der Waals surface area (Å²) < 4.78 is 2.59. The first-order valence-electron chi connectivity index (χ1n) is 3.36. The molecular formula is C7H8Br2N2O. The van der Waals surface area contributed by atoms with Crippen LogP contribution in [-0.2, 0) is 7.05 Å². The van der Waals surface area contributed by atoms with Gasteiger partial charge in [0.05, 0.1) is 11.0 Å². The number of hydrogen-bond donors (Lipinski definition) is 0. The van der Waals surface area contributed by atoms with Crippen molar-refractivity contribution in [1.29, 1.82) is 0 Å². The molecule has 0 unspecified atom stereocenters. The van der Waals surface area contributed by atoms with Crippen molar-refractivity contribution in [1.82, 2.24) is 9.55 Å². The van der Waals surface area contributed by atoms with Crippen molar-refractivity contribution in [3.63, 3.8) is 0 Å². The van der Waals surface area contributed by atoms with Gasteiger partial charge in [-0.15, -0.1) is 0 Å². The molecule has 0 aromatic carbocycles. The molecule has 0 spiro atoms. The second-order valence-corrected chi connectivity index (χ2v) is 3.74. The van der Waals surface area contributed by atoms with Crippen molar-refractivity contribution in [2.24, 2.45) is 7.05 Å². The van der Waals surface area contributed by atoms with Gasteiger partial charge in [0, 0.05) is 7.05 Å². The Labute approximate surface area is 87.4 Å². The minimum Gasteiger partial charge on any atom is -0.319 e. The van der Waals surface area contributed by atoms with Gasteiger partial charge in [-0.25, -0.2) is 4.98 Å². The normalized spacial score (nSPS) is 10.3. The van der Waals surface area contributed by atoms with E-state index in [2.05, 4.69) is 36.8 Å². The lowest BCUT2D eigenvalue weighted by atomic mass is 10.4. The molecule has 3 nitrogen and oxygen atoms in total. The summed E-state index contributed by atoms with van der Waals surface area (Å²) in [6, 6.07) is 0. The molecule has 1 aromatic heterocycles. The standard InChI is InChI=1S/C7H8Br2N2O/c1-4-6(9)11(2)7(10-4)5(12)3-8/h3H2,1-2H3. The molecule has 0 N–H and O–H groups in total. The van der Waals surface area contributed by atoms with Crippen LogP contribution in [0.25, 0.3) is 0 Å². The van der Waals surface area contributed by atoms with Crippen LogP contribution >= 0.6 is 31.9 Å². The SMILES string of the molecule is Cc1nc(C(=O)CBr)n(C)c1Br. The number of aromatic nitrogens is 2. The van der Waals surface area contributed by atoms with E-state index in [0.29, 0.717) is 11.2 Å². The fourth-order valence-electron chi connectivity index (χ4n) is 0.925. The van der Waals surface area contributed by atoms with E-state index in [-0.39, 0.29) is 5.78 Å². The molecule has 0 aliphatic carbocycles. The summed E-state index contributed by atoms with van der Waals surface area (Å²) in [5, 5.41) is 0.309. The molecule has 66 valence electrons. The van der Waals surface area contributed by atoms with E-state index in [0.717, 1.165) is 10.3 Å². The summed E-state index contributed by atoms with van der Waals surface area (Å²) in [5.41, 5.74) is 0.835. The van der Waals surface area contributed by atoms with E-state index in [1.165, 1.54) is 0 Å². The minimum absolute atomic E-state index is 0.00806. The van der Waals surface area contributed by atoms with Gasteiger partial charge in [-0.2, -0.15) is 0 Å². The maximum absolute atomic E-state index is 11.2. The monoisotopic (exact) mass is 294 g/mol. The minimum atomic E-state index is -0.00806. The van der Waals surface area contributed by atoms with Crippen molar-refractivity contribution in [2.45, 2.75) is 6.92 Å². The van der Waals surface area contributed by atoms with Gasteiger partial charge in [0.1, 0.15) is 4.60 Å². The van der Waals surface area contributed by atoms with Gasteiger partial charge in [-0.3, -0.25) is 4.79 Å². The van der Waals surface area contributed by atoms with Crippen LogP contribution < -0.4 is 0 Å². The van der Waals surface area contributed by atoms with E-state index in [1.807, 2.05) is 6.92 Å². The summed E-state index contributed by atoms with van der Waals surface area (Å²) in [6.07, 6.45) is 0. The van der Waals surface area contributed by atoms with E-state index in [9.17, 15) is 4.79 Å². The summed E-state index contributed by atoms with van der Waals surface area (Å²) in [6.45, 7) is 1.86. The lowest BCUT2D eigenvalue weighted by Gasteiger charge is -1.97. The molecule has 1 aromatic rings. The number of carbonyl (C=O) groups excluding carboxylic acids is 1. The average Bonchev–Trinajstić information content (AvgIpc) is 2.32. The molecule has 5 heteroatoms. The van der Waals surface area contributed by atoms with Gasteiger partial charge in [-0.05, 0) is 22.9 Å². The Bertz CT molecular complexity index is 319. The summed E-state index contributed by atoms with van der Waals surface area (Å²) in [4.78, 5) is 15.4. The Kier molecular flexibility index (Phi) is 3.06. The summed E-state index contributed by atoms with van der Waals surface area (Å²) in [7, 11) is 1.81. The predicted molar refractivity (Wildman–Crippen MR) is 53.8 cm³/mol. The van der Waals surface area contributed by atoms with Crippen molar-refractivity contribution < 1.29 is 4.79 Å². The van der Waals surface area contributed by atoms with E-state index >= 15 is 0 Å². The number of alkyl halides is 1. The number of imidazole rings is 1. The molecule has 0 fully saturated rings. The number of halogens is 2. The zero-order valence-corrected chi connectivity index (χ0v) is 9.94. The Balaban J connectivity index is 3.17. The van der Waals surface area contributed by atoms with Crippen molar-refractivity contribution in [3.05, 3.63) is 16.1 Å². The molecule has 0 atom stereocenters. The van der Waals surface area contributed by atoms with Gasteiger partial charge in [0.15, 0.2) is 5.82 Å². The zero-order valence-electron chi connectivity index (χ0n) is 6.77. The van der Waals surface area contributed by atoms with E-state index in [4.69, 9.17) is 0 Å². The van der Waals surface area contributed by atoms with Crippen LogP contribution in [-0.4, -0.2) is 20.7 Å². The third-order valence-corrected chi connectivity index (χ3v) is 3.17. The third kappa shape index (κ3) is 1.61. The highest BCUT2D eigenvalue weighted by Crippen LogP contribution is 2.16. The van der Waals surface area contributed by atoms with Crippen molar-refractivity contribution in [3.8, 4) is 0 Å². The lowest BCUT2D eigenvalue weighted by Crippen LogP contribution is -2.08. The largest absolute Gasteiger partial charge is 0.319 e. The molecule has 0 aliphatic rings. The van der Waals surface area contributed by atoms with Crippen molar-refractivity contribution in [2.75, 3.05) is 5.33 Å². The van der Waals surface area contributed by atoms with Gasteiger partial charge in [-0.1, -0.05) is 15.9 Å². The first-order chi connectivity index (χ1) is 5.57. The molecule has 1 rings (SSSR count). The second-order valence-electron chi connectivity index (χ2n) is 2.43. The molecule has 0 amide bonds. The van der Waals surface area contributed by atoms with Crippen LogP contribution in [0.1, 0.15) is 16.3 Å². The van der Waals surface area contributed by atoms with Crippen LogP contribution in [0.3, 0.4) is 0 Å². The number of Topliss-reactive ketones (excluding diaryl/α,β-unsaturated/α-hetero) is 1. The van der Waals surface area contributed by atoms with Crippen LogP contribution in [0.5, 0.6) is 0 Å². The average molecular weight is 296 g/mol. The number of hydrogen-bond acceptors (Lipinski definition) is 2. The quantitative estimate of drug-likeness (QED) is 0.618. The molecule has 0 saturated heterocycles. The summed E-state index contributed by atoms with van der Waals surface area (Å²) >= 11 is 6.43. The number of rotatable bonds is 2. The molecule has 0 bridgehead atoms. The van der Waals surface area contributed by atoms with E-state index in [1.54, 1.807) is 11.6 Å². The van der Waals surface area contributed by atoms with Gasteiger partial charge < -0.3 is 4.57 Å². The van der Waals surface area contributed by atoms with E-state index < -0.39 is 0 Å². The predicted octanol–water partition coefficient (Wildman–Crippen LogP) is 2.07. The maximum Gasteiger partial charge on any atom is 0.208 e. The number of aryl methyl sites for hydroxylation is 1. The van der Waals surface area contributed by atoms with Crippen LogP contribution in [0, 0.1) is 6.92 Å². The Morgan fingerprint density at radius 1 is 1.67 bits per heavy atom. The zero-order chi connectivity index (χ0) is 9.30. The smallest absolute Gasteiger partial charge is 0.208 e. The summed E-state index contributed by atoms with van der Waals surface area (Å²) in [5.74, 6) is 0.475. The lowest BCUT2D eigenvalue weighted by molar-refractivity contribution is 0.101. The first kappa shape index (κ1) is 9.92. The maximum atomic E-state index is 11.2. The molecular weight excluding hydrogens is 288 g/mol. The number of ketones is 1. The fraction of sp³-hybridized carbons (Fsp3) is 0.429. The molecule has 0 radical (unpaired) electrons. The Morgan fingerprint density at radius 3 is 2.58 bits per heavy atom. The first-order valence-corrected chi connectivity index (χ1v) is 5.27. The highest BCUT2D eigenvalue weighted by atomic mass is 79.9. The van der Waals surface area contributed by atoms with Gasteiger partial charge >= 0.3 is 0 Å². The van der Waals surface area contributed by atoms with Crippen LogP contribution in [0.4, 0.5) is 0 Å². The number of nitrogens with zero attached hydrogens (tertiary/aromatic N) is 2. The van der Waals surface area contributed by atoms with Crippen LogP contribution in [0.15, 0.2) is 4.60 Å². The topological polar surface area (TPSA) is 34.9 Å². The third-order valence-electron chi connectivity index (χ3n) is 1.56. The highest BCUT2D eigenvalue weighted by molar-refractivity contribution is 9.10. The molecule has 0 aliphatic heterocycles. The molecule has 1 heterocycles. The molecule has 0 saturated carbocycles. The highest BCUT2D eigenvalue weighted by Gasteiger charge is 2.14.